The topological polar surface area (TPSA) is 55.1 Å². The smallest absolute Gasteiger partial charge is 0.256 e. The summed E-state index contributed by atoms with van der Waals surface area (Å²) in [7, 11) is 0. The van der Waals surface area contributed by atoms with Crippen LogP contribution in [0.25, 0.3) is 16.9 Å². The third kappa shape index (κ3) is 3.43. The van der Waals surface area contributed by atoms with Gasteiger partial charge in [0, 0.05) is 18.7 Å². The quantitative estimate of drug-likeness (QED) is 0.610. The first kappa shape index (κ1) is 18.7. The maximum absolute atomic E-state index is 14.4. The molecule has 0 amide bonds. The van der Waals surface area contributed by atoms with Crippen molar-refractivity contribution in [3.63, 3.8) is 0 Å². The van der Waals surface area contributed by atoms with Crippen molar-refractivity contribution in [1.29, 1.82) is 0 Å². The molecule has 138 valence electrons. The van der Waals surface area contributed by atoms with Gasteiger partial charge in [0.2, 0.25) is 5.28 Å². The number of fused-ring (bicyclic) bond motifs is 1. The fraction of sp³-hybridized carbons (Fsp3) is 0.312. The summed E-state index contributed by atoms with van der Waals surface area (Å²) in [6, 6.07) is 1.15. The van der Waals surface area contributed by atoms with Crippen LogP contribution in [0.2, 0.25) is 10.4 Å². The number of rotatable bonds is 5. The third-order valence-corrected chi connectivity index (χ3v) is 4.42. The van der Waals surface area contributed by atoms with Crippen LogP contribution < -0.4 is 5.32 Å². The minimum absolute atomic E-state index is 0.0679. The largest absolute Gasteiger partial charge is 0.369 e. The molecular formula is C16H14Cl2F3N5. The summed E-state index contributed by atoms with van der Waals surface area (Å²) in [6.07, 6.45) is 0.877. The van der Waals surface area contributed by atoms with Gasteiger partial charge in [-0.2, -0.15) is 14.5 Å². The van der Waals surface area contributed by atoms with E-state index in [1.54, 1.807) is 0 Å². The lowest BCUT2D eigenvalue weighted by Crippen LogP contribution is -2.15. The lowest BCUT2D eigenvalue weighted by molar-refractivity contribution is 0.547. The van der Waals surface area contributed by atoms with Crippen LogP contribution in [-0.2, 0) is 0 Å². The number of nitrogens with one attached hydrogen (secondary N) is 1. The molecule has 2 heterocycles. The number of halogens is 5. The highest BCUT2D eigenvalue weighted by atomic mass is 35.5. The number of hydrogen-bond donors (Lipinski definition) is 1. The molecule has 2 aromatic heterocycles. The van der Waals surface area contributed by atoms with E-state index in [9.17, 15) is 13.2 Å². The molecule has 10 heteroatoms. The van der Waals surface area contributed by atoms with Gasteiger partial charge in [-0.1, -0.05) is 31.9 Å². The number of nitrogens with zero attached hydrogens (tertiary/aromatic N) is 4. The maximum Gasteiger partial charge on any atom is 0.256 e. The highest BCUT2D eigenvalue weighted by Crippen LogP contribution is 2.38. The normalized spacial score (nSPS) is 12.6. The number of anilines is 1. The first-order valence-corrected chi connectivity index (χ1v) is 8.58. The van der Waals surface area contributed by atoms with Crippen LogP contribution in [0, 0.1) is 23.4 Å². The van der Waals surface area contributed by atoms with Crippen molar-refractivity contribution in [3.8, 4) is 11.1 Å². The average Bonchev–Trinajstić information content (AvgIpc) is 2.92. The van der Waals surface area contributed by atoms with E-state index in [1.807, 2.05) is 13.8 Å². The van der Waals surface area contributed by atoms with Gasteiger partial charge >= 0.3 is 0 Å². The van der Waals surface area contributed by atoms with Crippen molar-refractivity contribution in [1.82, 2.24) is 19.6 Å². The maximum atomic E-state index is 14.4. The monoisotopic (exact) mass is 403 g/mol. The zero-order chi connectivity index (χ0) is 19.0. The highest BCUT2D eigenvalue weighted by molar-refractivity contribution is 6.33. The molecule has 0 saturated heterocycles. The van der Waals surface area contributed by atoms with Crippen LogP contribution >= 0.6 is 23.2 Å². The summed E-state index contributed by atoms with van der Waals surface area (Å²) < 4.78 is 43.2. The Kier molecular flexibility index (Phi) is 5.24. The number of aromatic nitrogens is 4. The van der Waals surface area contributed by atoms with Gasteiger partial charge in [-0.25, -0.2) is 13.2 Å². The number of hydrogen-bond acceptors (Lipinski definition) is 4. The first-order valence-electron chi connectivity index (χ1n) is 7.82. The Balaban J connectivity index is 2.28. The van der Waals surface area contributed by atoms with Gasteiger partial charge in [0.15, 0.2) is 0 Å². The highest BCUT2D eigenvalue weighted by Gasteiger charge is 2.24. The molecule has 0 bridgehead atoms. The van der Waals surface area contributed by atoms with Gasteiger partial charge in [0.05, 0.1) is 11.1 Å². The summed E-state index contributed by atoms with van der Waals surface area (Å²) in [5.74, 6) is -2.76. The van der Waals surface area contributed by atoms with E-state index in [1.165, 1.54) is 4.52 Å². The van der Waals surface area contributed by atoms with Gasteiger partial charge in [-0.15, -0.1) is 5.10 Å². The summed E-state index contributed by atoms with van der Waals surface area (Å²) in [4.78, 5) is 7.90. The molecule has 1 aromatic carbocycles. The van der Waals surface area contributed by atoms with Crippen LogP contribution in [0.4, 0.5) is 19.0 Å². The summed E-state index contributed by atoms with van der Waals surface area (Å²) in [5.41, 5.74) is -0.594. The number of benzene rings is 1. The Bertz CT molecular complexity index is 953. The first-order chi connectivity index (χ1) is 12.3. The lowest BCUT2D eigenvalue weighted by atomic mass is 10.1. The van der Waals surface area contributed by atoms with Crippen molar-refractivity contribution in [2.45, 2.75) is 20.3 Å². The fourth-order valence-corrected chi connectivity index (χ4v) is 2.84. The van der Waals surface area contributed by atoms with Crippen molar-refractivity contribution >= 4 is 34.8 Å². The summed E-state index contributed by atoms with van der Waals surface area (Å²) >= 11 is 12.0. The molecule has 5 nitrogen and oxygen atoms in total. The molecule has 0 aliphatic heterocycles. The van der Waals surface area contributed by atoms with Crippen molar-refractivity contribution in [2.75, 3.05) is 11.9 Å². The lowest BCUT2D eigenvalue weighted by Gasteiger charge is -2.17. The van der Waals surface area contributed by atoms with E-state index in [-0.39, 0.29) is 33.5 Å². The Morgan fingerprint density at radius 1 is 1.12 bits per heavy atom. The molecule has 0 saturated carbocycles. The predicted octanol–water partition coefficient (Wildman–Crippen LogP) is 4.97. The van der Waals surface area contributed by atoms with E-state index in [2.05, 4.69) is 20.4 Å². The van der Waals surface area contributed by atoms with E-state index in [0.29, 0.717) is 18.7 Å². The Hall–Kier alpha value is -2.06. The second-order valence-corrected chi connectivity index (χ2v) is 6.55. The van der Waals surface area contributed by atoms with Gasteiger partial charge in [0.1, 0.15) is 28.4 Å². The molecule has 26 heavy (non-hydrogen) atoms. The minimum atomic E-state index is -1.11. The van der Waals surface area contributed by atoms with Crippen LogP contribution in [0.15, 0.2) is 12.1 Å². The Morgan fingerprint density at radius 2 is 1.77 bits per heavy atom. The molecule has 0 fully saturated rings. The van der Waals surface area contributed by atoms with E-state index < -0.39 is 23.0 Å². The molecule has 3 aromatic rings. The molecule has 0 spiro atoms. The van der Waals surface area contributed by atoms with Gasteiger partial charge < -0.3 is 5.32 Å². The summed E-state index contributed by atoms with van der Waals surface area (Å²) in [5, 5.41) is 6.76. The van der Waals surface area contributed by atoms with E-state index in [0.717, 1.165) is 6.42 Å². The van der Waals surface area contributed by atoms with Gasteiger partial charge in [-0.3, -0.25) is 0 Å². The molecule has 0 aliphatic carbocycles. The van der Waals surface area contributed by atoms with Crippen LogP contribution in [0.1, 0.15) is 20.3 Å². The molecule has 1 N–H and O–H groups in total. The Morgan fingerprint density at radius 3 is 2.38 bits per heavy atom. The molecule has 0 radical (unpaired) electrons. The van der Waals surface area contributed by atoms with Gasteiger partial charge in [0.25, 0.3) is 5.78 Å². The second kappa shape index (κ2) is 7.28. The molecule has 1 atom stereocenters. The predicted molar refractivity (Wildman–Crippen MR) is 94.1 cm³/mol. The van der Waals surface area contributed by atoms with E-state index >= 15 is 0 Å². The summed E-state index contributed by atoms with van der Waals surface area (Å²) in [6.45, 7) is 4.48. The van der Waals surface area contributed by atoms with Crippen LogP contribution in [-0.4, -0.2) is 26.1 Å². The Labute approximate surface area is 157 Å². The fourth-order valence-electron chi connectivity index (χ4n) is 2.43. The van der Waals surface area contributed by atoms with Crippen LogP contribution in [0.3, 0.4) is 0 Å². The zero-order valence-corrected chi connectivity index (χ0v) is 15.3. The van der Waals surface area contributed by atoms with E-state index in [4.69, 9.17) is 23.2 Å². The zero-order valence-electron chi connectivity index (χ0n) is 13.8. The second-order valence-electron chi connectivity index (χ2n) is 5.86. The van der Waals surface area contributed by atoms with Crippen molar-refractivity contribution in [2.24, 2.45) is 5.92 Å². The van der Waals surface area contributed by atoms with Gasteiger partial charge in [-0.05, 0) is 17.5 Å². The average molecular weight is 404 g/mol. The third-order valence-electron chi connectivity index (χ3n) is 3.99. The van der Waals surface area contributed by atoms with Crippen molar-refractivity contribution in [3.05, 3.63) is 40.0 Å². The minimum Gasteiger partial charge on any atom is -0.369 e. The van der Waals surface area contributed by atoms with Crippen LogP contribution in [0.5, 0.6) is 0 Å². The molecular weight excluding hydrogens is 390 g/mol. The molecule has 3 rings (SSSR count). The molecule has 0 aliphatic rings. The molecule has 1 unspecified atom stereocenters. The SMILES string of the molecule is CCC(C)CNc1c(-c2c(F)cc(F)cc2F)c(Cl)nc2nc(Cl)nn12. The standard InChI is InChI=1S/C16H14Cl2F3N5/c1-3-7(2)6-22-14-12(11-9(20)4-8(19)5-10(11)21)13(17)23-16-24-15(18)25-26(14)16/h4-5,7,22H,3,6H2,1-2H3. The van der Waals surface area contributed by atoms with Crippen molar-refractivity contribution < 1.29 is 13.2 Å².